The molecule has 6 heteroatoms. The van der Waals surface area contributed by atoms with Crippen molar-refractivity contribution in [2.75, 3.05) is 38.5 Å². The number of nitrogens with zero attached hydrogens (tertiary/aromatic N) is 3. The zero-order chi connectivity index (χ0) is 12.8. The van der Waals surface area contributed by atoms with E-state index in [1.165, 1.54) is 11.8 Å². The Morgan fingerprint density at radius 2 is 2.28 bits per heavy atom. The second-order valence-corrected chi connectivity index (χ2v) is 5.48. The van der Waals surface area contributed by atoms with Crippen molar-refractivity contribution in [3.63, 3.8) is 0 Å². The van der Waals surface area contributed by atoms with Gasteiger partial charge in [-0.1, -0.05) is 11.8 Å². The first kappa shape index (κ1) is 13.7. The third-order valence-electron chi connectivity index (χ3n) is 2.86. The highest BCUT2D eigenvalue weighted by Gasteiger charge is 2.14. The summed E-state index contributed by atoms with van der Waals surface area (Å²) in [5, 5.41) is 14.0. The molecule has 1 saturated heterocycles. The van der Waals surface area contributed by atoms with E-state index in [1.807, 2.05) is 13.0 Å². The number of aliphatic hydroxyl groups excluding tert-OH is 1. The minimum Gasteiger partial charge on any atom is -0.391 e. The number of nitrogens with one attached hydrogen (secondary N) is 1. The Morgan fingerprint density at radius 1 is 1.50 bits per heavy atom. The highest BCUT2D eigenvalue weighted by atomic mass is 32.2. The summed E-state index contributed by atoms with van der Waals surface area (Å²) in [7, 11) is 0. The average molecular weight is 268 g/mol. The van der Waals surface area contributed by atoms with Gasteiger partial charge in [-0.3, -0.25) is 4.90 Å². The molecule has 1 unspecified atom stereocenters. The SMILES string of the molecule is Cc1ccnc(SCC(O)CN2CCNCC2)n1. The fraction of sp³-hybridized carbons (Fsp3) is 0.667. The van der Waals surface area contributed by atoms with Gasteiger partial charge in [0, 0.05) is 50.4 Å². The summed E-state index contributed by atoms with van der Waals surface area (Å²) in [6, 6.07) is 1.88. The van der Waals surface area contributed by atoms with Gasteiger partial charge in [0.15, 0.2) is 5.16 Å². The molecule has 5 nitrogen and oxygen atoms in total. The smallest absolute Gasteiger partial charge is 0.187 e. The van der Waals surface area contributed by atoms with E-state index in [-0.39, 0.29) is 6.10 Å². The number of rotatable bonds is 5. The molecule has 18 heavy (non-hydrogen) atoms. The lowest BCUT2D eigenvalue weighted by atomic mass is 10.3. The second-order valence-electron chi connectivity index (χ2n) is 4.50. The quantitative estimate of drug-likeness (QED) is 0.585. The summed E-state index contributed by atoms with van der Waals surface area (Å²) in [6.07, 6.45) is 1.44. The molecule has 0 saturated carbocycles. The van der Waals surface area contributed by atoms with E-state index < -0.39 is 0 Å². The van der Waals surface area contributed by atoms with Gasteiger partial charge in [0.2, 0.25) is 0 Å². The van der Waals surface area contributed by atoms with Crippen molar-refractivity contribution in [2.45, 2.75) is 18.2 Å². The van der Waals surface area contributed by atoms with Crippen LogP contribution in [0.15, 0.2) is 17.4 Å². The van der Waals surface area contributed by atoms with E-state index in [4.69, 9.17) is 0 Å². The van der Waals surface area contributed by atoms with Gasteiger partial charge >= 0.3 is 0 Å². The molecule has 0 amide bonds. The van der Waals surface area contributed by atoms with Crippen LogP contribution in [0, 0.1) is 6.92 Å². The van der Waals surface area contributed by atoms with Crippen LogP contribution >= 0.6 is 11.8 Å². The molecule has 1 aliphatic heterocycles. The van der Waals surface area contributed by atoms with Gasteiger partial charge in [-0.25, -0.2) is 9.97 Å². The topological polar surface area (TPSA) is 61.3 Å². The Bertz CT molecular complexity index is 371. The standard InChI is InChI=1S/C12H20N4OS/c1-10-2-3-14-12(15-10)18-9-11(17)8-16-6-4-13-5-7-16/h2-3,11,13,17H,4-9H2,1H3. The van der Waals surface area contributed by atoms with Crippen LogP contribution in [0.1, 0.15) is 5.69 Å². The van der Waals surface area contributed by atoms with Crippen LogP contribution in [0.4, 0.5) is 0 Å². The molecule has 0 aliphatic carbocycles. The number of hydrogen-bond donors (Lipinski definition) is 2. The van der Waals surface area contributed by atoms with Crippen molar-refractivity contribution in [3.8, 4) is 0 Å². The van der Waals surface area contributed by atoms with E-state index in [1.54, 1.807) is 6.20 Å². The van der Waals surface area contributed by atoms with Gasteiger partial charge in [0.05, 0.1) is 6.10 Å². The molecule has 2 rings (SSSR count). The van der Waals surface area contributed by atoms with Crippen LogP contribution in [0.5, 0.6) is 0 Å². The molecule has 1 aromatic rings. The Balaban J connectivity index is 1.72. The van der Waals surface area contributed by atoms with E-state index in [0.717, 1.165) is 43.6 Å². The Hall–Kier alpha value is -0.690. The predicted octanol–water partition coefficient (Wildman–Crippen LogP) is 0.143. The van der Waals surface area contributed by atoms with Gasteiger partial charge in [0.25, 0.3) is 0 Å². The maximum atomic E-state index is 9.99. The number of aliphatic hydroxyl groups is 1. The molecular weight excluding hydrogens is 248 g/mol. The molecule has 1 fully saturated rings. The number of aromatic nitrogens is 2. The zero-order valence-corrected chi connectivity index (χ0v) is 11.5. The zero-order valence-electron chi connectivity index (χ0n) is 10.7. The number of thioether (sulfide) groups is 1. The first-order chi connectivity index (χ1) is 8.74. The summed E-state index contributed by atoms with van der Waals surface area (Å²) in [4.78, 5) is 10.8. The van der Waals surface area contributed by atoms with Gasteiger partial charge in [-0.05, 0) is 13.0 Å². The molecule has 2 heterocycles. The summed E-state index contributed by atoms with van der Waals surface area (Å²) in [5.41, 5.74) is 0.962. The monoisotopic (exact) mass is 268 g/mol. The molecule has 0 bridgehead atoms. The lowest BCUT2D eigenvalue weighted by Crippen LogP contribution is -2.46. The first-order valence-electron chi connectivity index (χ1n) is 6.27. The predicted molar refractivity (Wildman–Crippen MR) is 72.8 cm³/mol. The minimum atomic E-state index is -0.322. The van der Waals surface area contributed by atoms with Crippen molar-refractivity contribution in [1.82, 2.24) is 20.2 Å². The molecular formula is C12H20N4OS. The second kappa shape index (κ2) is 7.04. The fourth-order valence-electron chi connectivity index (χ4n) is 1.91. The number of piperazine rings is 1. The molecule has 1 atom stereocenters. The Morgan fingerprint density at radius 3 is 3.00 bits per heavy atom. The average Bonchev–Trinajstić information content (AvgIpc) is 2.38. The van der Waals surface area contributed by atoms with Crippen molar-refractivity contribution < 1.29 is 5.11 Å². The van der Waals surface area contributed by atoms with Gasteiger partial charge in [-0.2, -0.15) is 0 Å². The van der Waals surface area contributed by atoms with E-state index in [0.29, 0.717) is 5.75 Å². The number of β-amino-alcohol motifs (C(OH)–C–C–N with tert-alkyl or cyclic N) is 1. The first-order valence-corrected chi connectivity index (χ1v) is 7.26. The molecule has 1 aliphatic rings. The number of hydrogen-bond acceptors (Lipinski definition) is 6. The molecule has 100 valence electrons. The Labute approximate surface area is 112 Å². The van der Waals surface area contributed by atoms with Gasteiger partial charge in [-0.15, -0.1) is 0 Å². The third kappa shape index (κ3) is 4.53. The van der Waals surface area contributed by atoms with Crippen molar-refractivity contribution >= 4 is 11.8 Å². The normalized spacial score (nSPS) is 18.8. The summed E-state index contributed by atoms with van der Waals surface area (Å²) in [6.45, 7) is 6.75. The highest BCUT2D eigenvalue weighted by molar-refractivity contribution is 7.99. The molecule has 0 radical (unpaired) electrons. The van der Waals surface area contributed by atoms with E-state index in [2.05, 4.69) is 20.2 Å². The lowest BCUT2D eigenvalue weighted by molar-refractivity contribution is 0.121. The van der Waals surface area contributed by atoms with Crippen LogP contribution in [0.25, 0.3) is 0 Å². The van der Waals surface area contributed by atoms with Crippen LogP contribution in [-0.2, 0) is 0 Å². The van der Waals surface area contributed by atoms with Gasteiger partial charge in [0.1, 0.15) is 0 Å². The van der Waals surface area contributed by atoms with Crippen LogP contribution in [0.3, 0.4) is 0 Å². The summed E-state index contributed by atoms with van der Waals surface area (Å²) >= 11 is 1.52. The molecule has 0 aromatic carbocycles. The van der Waals surface area contributed by atoms with E-state index in [9.17, 15) is 5.11 Å². The molecule has 2 N–H and O–H groups in total. The van der Waals surface area contributed by atoms with Crippen molar-refractivity contribution in [3.05, 3.63) is 18.0 Å². The highest BCUT2D eigenvalue weighted by Crippen LogP contribution is 2.14. The third-order valence-corrected chi connectivity index (χ3v) is 3.86. The van der Waals surface area contributed by atoms with Crippen LogP contribution in [-0.4, -0.2) is 64.6 Å². The number of aryl methyl sites for hydroxylation is 1. The van der Waals surface area contributed by atoms with Crippen LogP contribution < -0.4 is 5.32 Å². The maximum Gasteiger partial charge on any atom is 0.187 e. The summed E-state index contributed by atoms with van der Waals surface area (Å²) in [5.74, 6) is 0.646. The Kier molecular flexibility index (Phi) is 5.37. The molecule has 1 aromatic heterocycles. The lowest BCUT2D eigenvalue weighted by Gasteiger charge is -2.28. The van der Waals surface area contributed by atoms with E-state index >= 15 is 0 Å². The summed E-state index contributed by atoms with van der Waals surface area (Å²) < 4.78 is 0. The largest absolute Gasteiger partial charge is 0.391 e. The van der Waals surface area contributed by atoms with Crippen LogP contribution in [0.2, 0.25) is 0 Å². The van der Waals surface area contributed by atoms with Gasteiger partial charge < -0.3 is 10.4 Å². The molecule has 0 spiro atoms. The maximum absolute atomic E-state index is 9.99. The minimum absolute atomic E-state index is 0.322. The van der Waals surface area contributed by atoms with Crippen molar-refractivity contribution in [1.29, 1.82) is 0 Å². The van der Waals surface area contributed by atoms with Crippen molar-refractivity contribution in [2.24, 2.45) is 0 Å². The fourth-order valence-corrected chi connectivity index (χ4v) is 2.70.